The normalized spacial score (nSPS) is 32.3. The van der Waals surface area contributed by atoms with Crippen LogP contribution in [0.2, 0.25) is 0 Å². The maximum Gasteiger partial charge on any atom is 0.324 e. The van der Waals surface area contributed by atoms with Gasteiger partial charge in [0.15, 0.2) is 9.84 Å². The Morgan fingerprint density at radius 1 is 1.50 bits per heavy atom. The molecule has 2 aliphatic rings. The zero-order valence-corrected chi connectivity index (χ0v) is 11.4. The molecule has 0 aromatic carbocycles. The standard InChI is InChI=1S/C11H20N2O4S/c1-2-17-11(14)10-7-12-4-5-13(10)9-3-6-18(15,16)8-9/h9-10,12H,2-8H2,1H3. The second kappa shape index (κ2) is 5.54. The largest absolute Gasteiger partial charge is 0.465 e. The highest BCUT2D eigenvalue weighted by atomic mass is 32.2. The van der Waals surface area contributed by atoms with Crippen molar-refractivity contribution in [3.05, 3.63) is 0 Å². The Labute approximate surface area is 108 Å². The van der Waals surface area contributed by atoms with E-state index in [0.717, 1.165) is 6.54 Å². The summed E-state index contributed by atoms with van der Waals surface area (Å²) in [7, 11) is -2.92. The molecule has 104 valence electrons. The number of hydrogen-bond acceptors (Lipinski definition) is 6. The first kappa shape index (κ1) is 13.8. The third-order valence-electron chi connectivity index (χ3n) is 3.52. The fourth-order valence-electron chi connectivity index (χ4n) is 2.65. The molecule has 2 saturated heterocycles. The molecule has 0 saturated carbocycles. The van der Waals surface area contributed by atoms with E-state index >= 15 is 0 Å². The predicted octanol–water partition coefficient (Wildman–Crippen LogP) is -0.990. The van der Waals surface area contributed by atoms with Crippen LogP contribution in [0.1, 0.15) is 13.3 Å². The van der Waals surface area contributed by atoms with Gasteiger partial charge in [0.1, 0.15) is 6.04 Å². The molecular formula is C11H20N2O4S. The smallest absolute Gasteiger partial charge is 0.324 e. The lowest BCUT2D eigenvalue weighted by Crippen LogP contribution is -2.59. The maximum absolute atomic E-state index is 11.9. The summed E-state index contributed by atoms with van der Waals surface area (Å²) in [5.74, 6) is 0.147. The van der Waals surface area contributed by atoms with Gasteiger partial charge in [-0.25, -0.2) is 8.42 Å². The maximum atomic E-state index is 11.9. The number of nitrogens with one attached hydrogen (secondary N) is 1. The number of carbonyl (C=O) groups excluding carboxylic acids is 1. The van der Waals surface area contributed by atoms with Crippen molar-refractivity contribution in [1.82, 2.24) is 10.2 Å². The van der Waals surface area contributed by atoms with Gasteiger partial charge in [-0.2, -0.15) is 0 Å². The quantitative estimate of drug-likeness (QED) is 0.667. The fourth-order valence-corrected chi connectivity index (χ4v) is 4.39. The molecule has 1 N–H and O–H groups in total. The minimum atomic E-state index is -2.92. The number of carbonyl (C=O) groups is 1. The minimum Gasteiger partial charge on any atom is -0.465 e. The number of hydrogen-bond donors (Lipinski definition) is 1. The van der Waals surface area contributed by atoms with Crippen LogP contribution in [0.5, 0.6) is 0 Å². The van der Waals surface area contributed by atoms with E-state index in [4.69, 9.17) is 4.74 Å². The predicted molar refractivity (Wildman–Crippen MR) is 67.1 cm³/mol. The molecule has 18 heavy (non-hydrogen) atoms. The van der Waals surface area contributed by atoms with Crippen LogP contribution in [0.4, 0.5) is 0 Å². The highest BCUT2D eigenvalue weighted by Gasteiger charge is 2.39. The summed E-state index contributed by atoms with van der Waals surface area (Å²) in [6.45, 7) is 4.15. The van der Waals surface area contributed by atoms with Crippen LogP contribution in [-0.4, -0.2) is 69.1 Å². The average molecular weight is 276 g/mol. The van der Waals surface area contributed by atoms with Crippen molar-refractivity contribution in [3.63, 3.8) is 0 Å². The van der Waals surface area contributed by atoms with Crippen LogP contribution in [0.25, 0.3) is 0 Å². The molecule has 0 aliphatic carbocycles. The molecule has 0 radical (unpaired) electrons. The molecule has 2 unspecified atom stereocenters. The lowest BCUT2D eigenvalue weighted by atomic mass is 10.1. The van der Waals surface area contributed by atoms with Gasteiger partial charge in [0.05, 0.1) is 18.1 Å². The van der Waals surface area contributed by atoms with E-state index in [1.807, 2.05) is 4.90 Å². The molecule has 0 spiro atoms. The van der Waals surface area contributed by atoms with E-state index in [9.17, 15) is 13.2 Å². The van der Waals surface area contributed by atoms with Crippen LogP contribution in [0, 0.1) is 0 Å². The van der Waals surface area contributed by atoms with Gasteiger partial charge in [-0.3, -0.25) is 9.69 Å². The number of rotatable bonds is 3. The zero-order valence-electron chi connectivity index (χ0n) is 10.6. The summed E-state index contributed by atoms with van der Waals surface area (Å²) in [5.41, 5.74) is 0. The van der Waals surface area contributed by atoms with Crippen molar-refractivity contribution in [3.8, 4) is 0 Å². The van der Waals surface area contributed by atoms with E-state index in [1.165, 1.54) is 0 Å². The highest BCUT2D eigenvalue weighted by molar-refractivity contribution is 7.91. The topological polar surface area (TPSA) is 75.7 Å². The molecule has 2 aliphatic heterocycles. The lowest BCUT2D eigenvalue weighted by Gasteiger charge is -2.38. The number of piperazine rings is 1. The third-order valence-corrected chi connectivity index (χ3v) is 5.27. The van der Waals surface area contributed by atoms with Crippen LogP contribution in [0.15, 0.2) is 0 Å². The van der Waals surface area contributed by atoms with Crippen molar-refractivity contribution >= 4 is 15.8 Å². The van der Waals surface area contributed by atoms with Gasteiger partial charge in [-0.1, -0.05) is 0 Å². The molecule has 0 aromatic heterocycles. The van der Waals surface area contributed by atoms with Gasteiger partial charge in [-0.05, 0) is 13.3 Å². The van der Waals surface area contributed by atoms with Crippen molar-refractivity contribution < 1.29 is 17.9 Å². The molecule has 2 heterocycles. The summed E-state index contributed by atoms with van der Waals surface area (Å²) in [4.78, 5) is 13.9. The van der Waals surface area contributed by atoms with Crippen LogP contribution >= 0.6 is 0 Å². The van der Waals surface area contributed by atoms with Crippen molar-refractivity contribution in [2.45, 2.75) is 25.4 Å². The molecule has 0 amide bonds. The van der Waals surface area contributed by atoms with E-state index in [0.29, 0.717) is 26.1 Å². The van der Waals surface area contributed by atoms with Crippen LogP contribution in [-0.2, 0) is 19.4 Å². The number of sulfone groups is 1. The summed E-state index contributed by atoms with van der Waals surface area (Å²) in [6.07, 6.45) is 0.623. The summed E-state index contributed by atoms with van der Waals surface area (Å²) < 4.78 is 28.1. The Balaban J connectivity index is 2.06. The summed E-state index contributed by atoms with van der Waals surface area (Å²) in [6, 6.07) is -0.386. The Hall–Kier alpha value is -0.660. The molecule has 2 atom stereocenters. The molecule has 6 nitrogen and oxygen atoms in total. The van der Waals surface area contributed by atoms with Crippen LogP contribution in [0.3, 0.4) is 0 Å². The SMILES string of the molecule is CCOC(=O)C1CNCCN1C1CCS(=O)(=O)C1. The van der Waals surface area contributed by atoms with Gasteiger partial charge in [0.2, 0.25) is 0 Å². The Morgan fingerprint density at radius 3 is 2.89 bits per heavy atom. The third kappa shape index (κ3) is 3.02. The van der Waals surface area contributed by atoms with Crippen molar-refractivity contribution in [1.29, 1.82) is 0 Å². The monoisotopic (exact) mass is 276 g/mol. The first-order valence-electron chi connectivity index (χ1n) is 6.37. The zero-order chi connectivity index (χ0) is 13.2. The number of ether oxygens (including phenoxy) is 1. The van der Waals surface area contributed by atoms with Gasteiger partial charge in [-0.15, -0.1) is 0 Å². The molecule has 7 heteroatoms. The molecular weight excluding hydrogens is 256 g/mol. The highest BCUT2D eigenvalue weighted by Crippen LogP contribution is 2.21. The second-order valence-corrected chi connectivity index (χ2v) is 7.00. The fraction of sp³-hybridized carbons (Fsp3) is 0.909. The van der Waals surface area contributed by atoms with Gasteiger partial charge in [0.25, 0.3) is 0 Å². The van der Waals surface area contributed by atoms with E-state index in [-0.39, 0.29) is 29.6 Å². The first-order chi connectivity index (χ1) is 8.53. The van der Waals surface area contributed by atoms with E-state index in [1.54, 1.807) is 6.92 Å². The van der Waals surface area contributed by atoms with Crippen molar-refractivity contribution in [2.75, 3.05) is 37.7 Å². The summed E-state index contributed by atoms with van der Waals surface area (Å²) >= 11 is 0. The number of esters is 1. The second-order valence-electron chi connectivity index (χ2n) is 4.77. The molecule has 2 fully saturated rings. The molecule has 2 rings (SSSR count). The van der Waals surface area contributed by atoms with E-state index < -0.39 is 9.84 Å². The number of nitrogens with zero attached hydrogens (tertiary/aromatic N) is 1. The summed E-state index contributed by atoms with van der Waals surface area (Å²) in [5, 5.41) is 3.16. The van der Waals surface area contributed by atoms with Crippen LogP contribution < -0.4 is 5.32 Å². The molecule has 0 bridgehead atoms. The van der Waals surface area contributed by atoms with Gasteiger partial charge in [0, 0.05) is 25.7 Å². The Kier molecular flexibility index (Phi) is 4.24. The lowest BCUT2D eigenvalue weighted by molar-refractivity contribution is -0.151. The van der Waals surface area contributed by atoms with E-state index in [2.05, 4.69) is 5.32 Å². The van der Waals surface area contributed by atoms with Crippen molar-refractivity contribution in [2.24, 2.45) is 0 Å². The van der Waals surface area contributed by atoms with Gasteiger partial charge >= 0.3 is 5.97 Å². The Morgan fingerprint density at radius 2 is 2.28 bits per heavy atom. The van der Waals surface area contributed by atoms with Gasteiger partial charge < -0.3 is 10.1 Å². The molecule has 0 aromatic rings. The average Bonchev–Trinajstić information content (AvgIpc) is 2.70. The minimum absolute atomic E-state index is 0.0356. The Bertz CT molecular complexity index is 409. The first-order valence-corrected chi connectivity index (χ1v) is 8.19.